The van der Waals surface area contributed by atoms with E-state index in [1.807, 2.05) is 29.2 Å². The molecule has 0 bridgehead atoms. The molecule has 5 heteroatoms. The Bertz CT molecular complexity index is 674. The maximum absolute atomic E-state index is 12.6. The second-order valence-electron chi connectivity index (χ2n) is 6.01. The van der Waals surface area contributed by atoms with Crippen molar-refractivity contribution < 1.29 is 4.79 Å². The van der Waals surface area contributed by atoms with Gasteiger partial charge in [-0.3, -0.25) is 4.98 Å². The highest BCUT2D eigenvalue weighted by molar-refractivity contribution is 5.75. The topological polar surface area (TPSA) is 48.5 Å². The molecule has 0 saturated heterocycles. The second-order valence-corrected chi connectivity index (χ2v) is 6.01. The number of carbonyl (C=O) groups excluding carboxylic acids is 1. The molecule has 23 heavy (non-hydrogen) atoms. The number of nitrogens with one attached hydrogen (secondary N) is 1. The molecule has 0 saturated carbocycles. The van der Waals surface area contributed by atoms with Crippen molar-refractivity contribution in [2.75, 3.05) is 18.5 Å². The average molecular weight is 310 g/mol. The van der Waals surface area contributed by atoms with Crippen molar-refractivity contribution in [3.05, 3.63) is 59.9 Å². The summed E-state index contributed by atoms with van der Waals surface area (Å²) in [5, 5.41) is 3.00. The van der Waals surface area contributed by atoms with E-state index in [0.717, 1.165) is 12.1 Å². The van der Waals surface area contributed by atoms with Crippen molar-refractivity contribution in [1.29, 1.82) is 0 Å². The predicted molar refractivity (Wildman–Crippen MR) is 91.2 cm³/mol. The smallest absolute Gasteiger partial charge is 0.318 e. The van der Waals surface area contributed by atoms with Crippen LogP contribution < -0.4 is 10.2 Å². The Balaban J connectivity index is 1.72. The van der Waals surface area contributed by atoms with E-state index in [0.29, 0.717) is 13.1 Å². The van der Waals surface area contributed by atoms with Crippen LogP contribution in [0.4, 0.5) is 10.5 Å². The molecule has 2 amide bonds. The molecule has 0 aliphatic carbocycles. The third kappa shape index (κ3) is 3.44. The summed E-state index contributed by atoms with van der Waals surface area (Å²) in [6.07, 6.45) is 3.50. The predicted octanol–water partition coefficient (Wildman–Crippen LogP) is 2.63. The molecule has 1 N–H and O–H groups in total. The van der Waals surface area contributed by atoms with Gasteiger partial charge < -0.3 is 15.1 Å². The molecule has 0 unspecified atom stereocenters. The highest BCUT2D eigenvalue weighted by Gasteiger charge is 2.26. The largest absolute Gasteiger partial charge is 0.372 e. The summed E-state index contributed by atoms with van der Waals surface area (Å²) in [6.45, 7) is 4.03. The van der Waals surface area contributed by atoms with Gasteiger partial charge in [0.15, 0.2) is 0 Å². The van der Waals surface area contributed by atoms with Crippen LogP contribution >= 0.6 is 0 Å². The third-order valence-electron chi connectivity index (χ3n) is 4.24. The molecular weight excluding hydrogens is 288 g/mol. The van der Waals surface area contributed by atoms with Crippen molar-refractivity contribution in [1.82, 2.24) is 15.2 Å². The standard InChI is InChI=1S/C18H22N4O/c1-14-12-21(2)17-8-4-3-7-16(17)13-22(14)18(23)20-11-15-6-5-9-19-10-15/h3-10,14H,11-13H2,1-2H3,(H,20,23)/t14-/m0/s1. The molecule has 1 aliphatic rings. The SMILES string of the molecule is C[C@H]1CN(C)c2ccccc2CN1C(=O)NCc1cccnc1. The minimum atomic E-state index is -0.0357. The van der Waals surface area contributed by atoms with E-state index in [9.17, 15) is 4.79 Å². The Hall–Kier alpha value is -2.56. The van der Waals surface area contributed by atoms with E-state index in [-0.39, 0.29) is 12.1 Å². The zero-order chi connectivity index (χ0) is 16.2. The van der Waals surface area contributed by atoms with E-state index in [2.05, 4.69) is 41.3 Å². The van der Waals surface area contributed by atoms with Crippen LogP contribution in [-0.2, 0) is 13.1 Å². The first kappa shape index (κ1) is 15.3. The lowest BCUT2D eigenvalue weighted by atomic mass is 10.1. The van der Waals surface area contributed by atoms with Crippen LogP contribution in [-0.4, -0.2) is 35.5 Å². The second kappa shape index (κ2) is 6.69. The van der Waals surface area contributed by atoms with Crippen molar-refractivity contribution in [2.24, 2.45) is 0 Å². The minimum absolute atomic E-state index is 0.0357. The number of hydrogen-bond donors (Lipinski definition) is 1. The molecule has 2 aromatic rings. The molecule has 1 aromatic heterocycles. The first-order valence-corrected chi connectivity index (χ1v) is 7.87. The van der Waals surface area contributed by atoms with Crippen LogP contribution in [0, 0.1) is 0 Å². The fraction of sp³-hybridized carbons (Fsp3) is 0.333. The van der Waals surface area contributed by atoms with Crippen LogP contribution in [0.25, 0.3) is 0 Å². The van der Waals surface area contributed by atoms with E-state index >= 15 is 0 Å². The first-order valence-electron chi connectivity index (χ1n) is 7.87. The highest BCUT2D eigenvalue weighted by Crippen LogP contribution is 2.25. The van der Waals surface area contributed by atoms with Gasteiger partial charge >= 0.3 is 6.03 Å². The number of hydrogen-bond acceptors (Lipinski definition) is 3. The fourth-order valence-electron chi connectivity index (χ4n) is 3.00. The molecule has 0 fully saturated rings. The number of aromatic nitrogens is 1. The first-order chi connectivity index (χ1) is 11.1. The van der Waals surface area contributed by atoms with Gasteiger partial charge in [0.25, 0.3) is 0 Å². The van der Waals surface area contributed by atoms with Gasteiger partial charge in [0.1, 0.15) is 0 Å². The van der Waals surface area contributed by atoms with Gasteiger partial charge in [-0.05, 0) is 30.2 Å². The summed E-state index contributed by atoms with van der Waals surface area (Å²) in [7, 11) is 2.08. The van der Waals surface area contributed by atoms with Gasteiger partial charge in [-0.15, -0.1) is 0 Å². The van der Waals surface area contributed by atoms with E-state index in [4.69, 9.17) is 0 Å². The number of fused-ring (bicyclic) bond motifs is 1. The molecule has 0 radical (unpaired) electrons. The molecule has 2 heterocycles. The number of rotatable bonds is 2. The van der Waals surface area contributed by atoms with Gasteiger partial charge in [0, 0.05) is 50.8 Å². The van der Waals surface area contributed by atoms with Gasteiger partial charge in [-0.1, -0.05) is 24.3 Å². The van der Waals surface area contributed by atoms with Crippen LogP contribution in [0.1, 0.15) is 18.1 Å². The number of carbonyl (C=O) groups is 1. The lowest BCUT2D eigenvalue weighted by Gasteiger charge is -2.28. The number of pyridine rings is 1. The maximum Gasteiger partial charge on any atom is 0.318 e. The van der Waals surface area contributed by atoms with E-state index in [1.165, 1.54) is 11.3 Å². The molecule has 0 spiro atoms. The lowest BCUT2D eigenvalue weighted by molar-refractivity contribution is 0.178. The van der Waals surface area contributed by atoms with Crippen molar-refractivity contribution in [3.8, 4) is 0 Å². The summed E-state index contributed by atoms with van der Waals surface area (Å²) in [5.41, 5.74) is 3.37. The zero-order valence-electron chi connectivity index (χ0n) is 13.6. The van der Waals surface area contributed by atoms with Gasteiger partial charge in [-0.2, -0.15) is 0 Å². The van der Waals surface area contributed by atoms with E-state index in [1.54, 1.807) is 12.4 Å². The summed E-state index contributed by atoms with van der Waals surface area (Å²) < 4.78 is 0. The zero-order valence-corrected chi connectivity index (χ0v) is 13.6. The Labute approximate surface area is 136 Å². The summed E-state index contributed by atoms with van der Waals surface area (Å²) in [6, 6.07) is 12.2. The molecule has 120 valence electrons. The number of benzene rings is 1. The number of urea groups is 1. The molecule has 5 nitrogen and oxygen atoms in total. The van der Waals surface area contributed by atoms with E-state index < -0.39 is 0 Å². The van der Waals surface area contributed by atoms with Crippen LogP contribution in [0.15, 0.2) is 48.8 Å². The molecule has 1 aromatic carbocycles. The summed E-state index contributed by atoms with van der Waals surface area (Å²) >= 11 is 0. The van der Waals surface area contributed by atoms with Crippen molar-refractivity contribution >= 4 is 11.7 Å². The fourth-order valence-corrected chi connectivity index (χ4v) is 3.00. The number of likely N-dealkylation sites (N-methyl/N-ethyl adjacent to an activating group) is 1. The molecule has 3 rings (SSSR count). The van der Waals surface area contributed by atoms with Crippen LogP contribution in [0.2, 0.25) is 0 Å². The van der Waals surface area contributed by atoms with Gasteiger partial charge in [-0.25, -0.2) is 4.79 Å². The average Bonchev–Trinajstić information content (AvgIpc) is 2.70. The Morgan fingerprint density at radius 1 is 1.30 bits per heavy atom. The van der Waals surface area contributed by atoms with Crippen LogP contribution in [0.3, 0.4) is 0 Å². The third-order valence-corrected chi connectivity index (χ3v) is 4.24. The Kier molecular flexibility index (Phi) is 4.46. The number of nitrogens with zero attached hydrogens (tertiary/aromatic N) is 3. The monoisotopic (exact) mass is 310 g/mol. The maximum atomic E-state index is 12.6. The van der Waals surface area contributed by atoms with Gasteiger partial charge in [0.2, 0.25) is 0 Å². The Morgan fingerprint density at radius 3 is 2.91 bits per heavy atom. The van der Waals surface area contributed by atoms with Crippen LogP contribution in [0.5, 0.6) is 0 Å². The molecule has 1 atom stereocenters. The van der Waals surface area contributed by atoms with Crippen molar-refractivity contribution in [2.45, 2.75) is 26.1 Å². The van der Waals surface area contributed by atoms with Crippen molar-refractivity contribution in [3.63, 3.8) is 0 Å². The number of anilines is 1. The Morgan fingerprint density at radius 2 is 2.13 bits per heavy atom. The molecular formula is C18H22N4O. The molecule has 1 aliphatic heterocycles. The number of amides is 2. The summed E-state index contributed by atoms with van der Waals surface area (Å²) in [5.74, 6) is 0. The number of para-hydroxylation sites is 1. The quantitative estimate of drug-likeness (QED) is 0.927. The highest BCUT2D eigenvalue weighted by atomic mass is 16.2. The normalized spacial score (nSPS) is 17.4. The van der Waals surface area contributed by atoms with Gasteiger partial charge in [0.05, 0.1) is 0 Å². The lowest BCUT2D eigenvalue weighted by Crippen LogP contribution is -2.46. The summed E-state index contributed by atoms with van der Waals surface area (Å²) in [4.78, 5) is 20.8. The minimum Gasteiger partial charge on any atom is -0.372 e.